The summed E-state index contributed by atoms with van der Waals surface area (Å²) in [5.41, 5.74) is -0.823. The Bertz CT molecular complexity index is 1890. The number of aromatic nitrogens is 3. The Kier molecular flexibility index (Phi) is 5.51. The summed E-state index contributed by atoms with van der Waals surface area (Å²) < 4.78 is 22.7. The van der Waals surface area contributed by atoms with Crippen molar-refractivity contribution in [3.63, 3.8) is 0 Å². The zero-order valence-electron chi connectivity index (χ0n) is 18.9. The molecule has 0 aliphatic carbocycles. The zero-order chi connectivity index (χ0) is 25.4. The fraction of sp³-hybridized carbons (Fsp3) is 0.0741. The van der Waals surface area contributed by atoms with E-state index in [4.69, 9.17) is 4.74 Å². The molecule has 5 rings (SSSR count). The SMILES string of the molecule is COc1ccc(C#N)c(-c2cc3c(cc2F)c(=O)n(-c2cncc4ccccc24)c(=O)n3CC#N)c1. The second kappa shape index (κ2) is 8.82. The zero-order valence-corrected chi connectivity index (χ0v) is 18.9. The summed E-state index contributed by atoms with van der Waals surface area (Å²) in [5, 5.41) is 20.2. The molecule has 0 radical (unpaired) electrons. The average Bonchev–Trinajstić information content (AvgIpc) is 2.91. The van der Waals surface area contributed by atoms with E-state index in [1.54, 1.807) is 36.5 Å². The van der Waals surface area contributed by atoms with Gasteiger partial charge in [-0.3, -0.25) is 14.3 Å². The Hall–Kier alpha value is -5.28. The highest BCUT2D eigenvalue weighted by Crippen LogP contribution is 2.32. The van der Waals surface area contributed by atoms with E-state index in [1.807, 2.05) is 12.1 Å². The number of hydrogen-bond donors (Lipinski definition) is 0. The number of benzene rings is 3. The maximum Gasteiger partial charge on any atom is 0.337 e. The maximum atomic E-state index is 15.5. The molecule has 0 spiro atoms. The summed E-state index contributed by atoms with van der Waals surface area (Å²) in [6.07, 6.45) is 2.99. The van der Waals surface area contributed by atoms with Gasteiger partial charge in [0.05, 0.1) is 47.6 Å². The molecule has 174 valence electrons. The monoisotopic (exact) mass is 477 g/mol. The normalized spacial score (nSPS) is 10.8. The van der Waals surface area contributed by atoms with E-state index in [0.29, 0.717) is 16.5 Å². The summed E-state index contributed by atoms with van der Waals surface area (Å²) in [7, 11) is 1.44. The summed E-state index contributed by atoms with van der Waals surface area (Å²) in [6.45, 7) is -0.387. The molecule has 0 atom stereocenters. The molecule has 0 unspecified atom stereocenters. The second-order valence-corrected chi connectivity index (χ2v) is 7.92. The van der Waals surface area contributed by atoms with Crippen molar-refractivity contribution >= 4 is 21.7 Å². The van der Waals surface area contributed by atoms with Gasteiger partial charge in [-0.25, -0.2) is 13.8 Å². The third-order valence-electron chi connectivity index (χ3n) is 5.99. The predicted molar refractivity (Wildman–Crippen MR) is 131 cm³/mol. The molecule has 2 heterocycles. The first-order chi connectivity index (χ1) is 17.5. The van der Waals surface area contributed by atoms with E-state index < -0.39 is 17.1 Å². The smallest absolute Gasteiger partial charge is 0.337 e. The van der Waals surface area contributed by atoms with E-state index in [2.05, 4.69) is 4.98 Å². The van der Waals surface area contributed by atoms with E-state index in [0.717, 1.165) is 15.2 Å². The van der Waals surface area contributed by atoms with Crippen LogP contribution in [0.4, 0.5) is 4.39 Å². The summed E-state index contributed by atoms with van der Waals surface area (Å²) >= 11 is 0. The van der Waals surface area contributed by atoms with Gasteiger partial charge < -0.3 is 4.74 Å². The van der Waals surface area contributed by atoms with Crippen LogP contribution in [-0.2, 0) is 6.54 Å². The van der Waals surface area contributed by atoms with Gasteiger partial charge in [-0.1, -0.05) is 24.3 Å². The van der Waals surface area contributed by atoms with E-state index in [9.17, 15) is 20.1 Å². The molecule has 0 saturated carbocycles. The van der Waals surface area contributed by atoms with E-state index >= 15 is 4.39 Å². The molecule has 2 aromatic heterocycles. The van der Waals surface area contributed by atoms with Crippen LogP contribution in [0.5, 0.6) is 5.75 Å². The number of nitrogens with zero attached hydrogens (tertiary/aromatic N) is 5. The third kappa shape index (κ3) is 3.47. The third-order valence-corrected chi connectivity index (χ3v) is 5.99. The van der Waals surface area contributed by atoms with Crippen LogP contribution in [0.1, 0.15) is 5.56 Å². The fourth-order valence-electron chi connectivity index (χ4n) is 4.28. The van der Waals surface area contributed by atoms with Gasteiger partial charge >= 0.3 is 5.69 Å². The molecule has 36 heavy (non-hydrogen) atoms. The van der Waals surface area contributed by atoms with Crippen molar-refractivity contribution in [1.82, 2.24) is 14.1 Å². The molecule has 0 N–H and O–H groups in total. The first kappa shape index (κ1) is 22.5. The van der Waals surface area contributed by atoms with Gasteiger partial charge in [-0.2, -0.15) is 10.5 Å². The Balaban J connectivity index is 1.89. The lowest BCUT2D eigenvalue weighted by atomic mass is 9.98. The molecule has 9 heteroatoms. The minimum Gasteiger partial charge on any atom is -0.497 e. The highest BCUT2D eigenvalue weighted by atomic mass is 19.1. The van der Waals surface area contributed by atoms with Crippen molar-refractivity contribution in [1.29, 1.82) is 10.5 Å². The summed E-state index contributed by atoms with van der Waals surface area (Å²) in [4.78, 5) is 31.3. The minimum atomic E-state index is -0.769. The standard InChI is InChI=1S/C27H16FN5O3/c1-36-18-7-6-16(13-30)20(10-18)21-12-24-22(11-23(21)28)26(34)33(27(35)32(24)9-8-29)25-15-31-14-17-4-2-3-5-19(17)25/h2-7,10-12,14-15H,9H2,1H3. The van der Waals surface area contributed by atoms with Crippen molar-refractivity contribution in [2.24, 2.45) is 0 Å². The second-order valence-electron chi connectivity index (χ2n) is 7.92. The lowest BCUT2D eigenvalue weighted by Crippen LogP contribution is -2.39. The highest BCUT2D eigenvalue weighted by molar-refractivity contribution is 5.90. The van der Waals surface area contributed by atoms with Gasteiger partial charge in [-0.15, -0.1) is 0 Å². The van der Waals surface area contributed by atoms with Gasteiger partial charge in [0.25, 0.3) is 5.56 Å². The van der Waals surface area contributed by atoms with Crippen molar-refractivity contribution in [2.75, 3.05) is 7.11 Å². The highest BCUT2D eigenvalue weighted by Gasteiger charge is 2.20. The lowest BCUT2D eigenvalue weighted by molar-refractivity contribution is 0.415. The molecule has 0 amide bonds. The van der Waals surface area contributed by atoms with Gasteiger partial charge in [-0.05, 0) is 30.3 Å². The molecule has 5 aromatic rings. The van der Waals surface area contributed by atoms with Crippen LogP contribution in [-0.4, -0.2) is 21.2 Å². The molecular formula is C27H16FN5O3. The molecule has 0 aliphatic rings. The molecule has 0 bridgehead atoms. The molecule has 3 aromatic carbocycles. The average molecular weight is 477 g/mol. The minimum absolute atomic E-state index is 0.00647. The Labute approximate surface area is 203 Å². The predicted octanol–water partition coefficient (Wildman–Crippen LogP) is 3.91. The molecule has 0 saturated heterocycles. The van der Waals surface area contributed by atoms with Crippen LogP contribution < -0.4 is 16.0 Å². The maximum absolute atomic E-state index is 15.5. The van der Waals surface area contributed by atoms with Crippen molar-refractivity contribution in [2.45, 2.75) is 6.54 Å². The Morgan fingerprint density at radius 2 is 1.81 bits per heavy atom. The quantitative estimate of drug-likeness (QED) is 0.388. The number of ether oxygens (including phenoxy) is 1. The van der Waals surface area contributed by atoms with Crippen LogP contribution in [0.15, 0.2) is 76.6 Å². The first-order valence-corrected chi connectivity index (χ1v) is 10.8. The number of rotatable bonds is 4. The topological polar surface area (TPSA) is 114 Å². The van der Waals surface area contributed by atoms with E-state index in [-0.39, 0.29) is 39.8 Å². The van der Waals surface area contributed by atoms with Gasteiger partial charge in [0.15, 0.2) is 0 Å². The van der Waals surface area contributed by atoms with Crippen LogP contribution >= 0.6 is 0 Å². The largest absolute Gasteiger partial charge is 0.497 e. The molecule has 0 aliphatic heterocycles. The number of pyridine rings is 1. The number of hydrogen-bond acceptors (Lipinski definition) is 6. The summed E-state index contributed by atoms with van der Waals surface area (Å²) in [5.74, 6) is -0.370. The Morgan fingerprint density at radius 3 is 2.56 bits per heavy atom. The van der Waals surface area contributed by atoms with Gasteiger partial charge in [0.1, 0.15) is 18.1 Å². The molecular weight excluding hydrogens is 461 g/mol. The van der Waals surface area contributed by atoms with Crippen molar-refractivity contribution in [3.05, 3.63) is 99.2 Å². The Morgan fingerprint density at radius 1 is 1.00 bits per heavy atom. The first-order valence-electron chi connectivity index (χ1n) is 10.8. The number of nitriles is 2. The van der Waals surface area contributed by atoms with E-state index in [1.165, 1.54) is 31.5 Å². The van der Waals surface area contributed by atoms with Crippen LogP contribution in [0.3, 0.4) is 0 Å². The van der Waals surface area contributed by atoms with Gasteiger partial charge in [0, 0.05) is 28.1 Å². The molecule has 8 nitrogen and oxygen atoms in total. The van der Waals surface area contributed by atoms with Crippen LogP contribution in [0, 0.1) is 28.5 Å². The van der Waals surface area contributed by atoms with Crippen molar-refractivity contribution < 1.29 is 9.13 Å². The number of methoxy groups -OCH3 is 1. The van der Waals surface area contributed by atoms with Crippen LogP contribution in [0.25, 0.3) is 38.5 Å². The number of halogens is 1. The lowest BCUT2D eigenvalue weighted by Gasteiger charge is -2.15. The summed E-state index contributed by atoms with van der Waals surface area (Å²) in [6, 6.07) is 17.9. The van der Waals surface area contributed by atoms with Crippen LogP contribution in [0.2, 0.25) is 0 Å². The fourth-order valence-corrected chi connectivity index (χ4v) is 4.28. The molecule has 0 fully saturated rings. The van der Waals surface area contributed by atoms with Gasteiger partial charge in [0.2, 0.25) is 0 Å². The van der Waals surface area contributed by atoms with Crippen molar-refractivity contribution in [3.8, 4) is 34.7 Å². The number of fused-ring (bicyclic) bond motifs is 2.